The van der Waals surface area contributed by atoms with E-state index in [2.05, 4.69) is 22.5 Å². The number of hydrogen-bond donors (Lipinski definition) is 3. The maximum Gasteiger partial charge on any atom is 0.415 e. The molecule has 0 aromatic rings. The van der Waals surface area contributed by atoms with Gasteiger partial charge in [-0.3, -0.25) is 19.1 Å². The van der Waals surface area contributed by atoms with E-state index in [0.29, 0.717) is 12.8 Å². The molecule has 7 nitrogen and oxygen atoms in total. The van der Waals surface area contributed by atoms with Gasteiger partial charge in [-0.05, 0) is 12.8 Å². The van der Waals surface area contributed by atoms with E-state index in [-0.39, 0.29) is 56.4 Å². The van der Waals surface area contributed by atoms with E-state index in [1.807, 2.05) is 0 Å². The van der Waals surface area contributed by atoms with Crippen molar-refractivity contribution in [2.45, 2.75) is 61.0 Å². The van der Waals surface area contributed by atoms with E-state index in [1.54, 1.807) is 0 Å². The van der Waals surface area contributed by atoms with E-state index in [1.165, 1.54) is 0 Å². The molecule has 1 heterocycles. The Hall–Kier alpha value is -1.08. The fraction of sp³-hybridized carbons (Fsp3) is 0.765. The molecule has 1 aliphatic heterocycles. The number of amides is 2. The summed E-state index contributed by atoms with van der Waals surface area (Å²) in [7, 11) is 0. The molecule has 0 aromatic heterocycles. The van der Waals surface area contributed by atoms with Crippen LogP contribution in [0.3, 0.4) is 0 Å². The van der Waals surface area contributed by atoms with Gasteiger partial charge in [0.2, 0.25) is 5.91 Å². The summed E-state index contributed by atoms with van der Waals surface area (Å²) in [6, 6.07) is 0. The smallest absolute Gasteiger partial charge is 0.368 e. The van der Waals surface area contributed by atoms with E-state index in [9.17, 15) is 27.2 Å². The van der Waals surface area contributed by atoms with Crippen LogP contribution in [0.15, 0.2) is 12.3 Å². The van der Waals surface area contributed by atoms with Crippen molar-refractivity contribution in [1.82, 2.24) is 16.0 Å². The predicted molar refractivity (Wildman–Crippen MR) is 103 cm³/mol. The molecule has 0 aromatic carbocycles. The van der Waals surface area contributed by atoms with Crippen LogP contribution in [0.5, 0.6) is 0 Å². The maximum atomic E-state index is 13.5. The fourth-order valence-corrected chi connectivity index (χ4v) is 3.72. The lowest BCUT2D eigenvalue weighted by molar-refractivity contribution is -0.142. The van der Waals surface area contributed by atoms with Crippen molar-refractivity contribution in [3.8, 4) is 0 Å². The molecule has 3 N–H and O–H groups in total. The first-order valence-electron chi connectivity index (χ1n) is 9.33. The van der Waals surface area contributed by atoms with Crippen LogP contribution in [0.25, 0.3) is 0 Å². The van der Waals surface area contributed by atoms with Crippen molar-refractivity contribution < 1.29 is 36.1 Å². The van der Waals surface area contributed by atoms with Gasteiger partial charge in [-0.2, -0.15) is 13.2 Å². The minimum atomic E-state index is -4.48. The maximum absolute atomic E-state index is 13.5. The number of halogens is 5. The summed E-state index contributed by atoms with van der Waals surface area (Å²) < 4.78 is 61.4. The van der Waals surface area contributed by atoms with Crippen LogP contribution >= 0.6 is 23.6 Å². The van der Waals surface area contributed by atoms with Crippen molar-refractivity contribution in [3.05, 3.63) is 12.3 Å². The Morgan fingerprint density at radius 1 is 1.33 bits per heavy atom. The van der Waals surface area contributed by atoms with E-state index in [4.69, 9.17) is 20.5 Å². The molecule has 5 unspecified atom stereocenters. The van der Waals surface area contributed by atoms with Crippen LogP contribution in [-0.4, -0.2) is 66.8 Å². The van der Waals surface area contributed by atoms with Crippen LogP contribution < -0.4 is 16.0 Å². The molecule has 0 spiro atoms. The third kappa shape index (κ3) is 8.22. The third-order valence-electron chi connectivity index (χ3n) is 4.49. The summed E-state index contributed by atoms with van der Waals surface area (Å²) in [5.74, 6) is -1.03. The first-order chi connectivity index (χ1) is 14.1. The molecule has 0 bridgehead atoms. The molecule has 5 atom stereocenters. The second kappa shape index (κ2) is 11.5. The van der Waals surface area contributed by atoms with Gasteiger partial charge in [0.15, 0.2) is 11.5 Å². The zero-order valence-corrected chi connectivity index (χ0v) is 17.5. The topological polar surface area (TPSA) is 88.7 Å². The van der Waals surface area contributed by atoms with Gasteiger partial charge in [0.1, 0.15) is 12.8 Å². The van der Waals surface area contributed by atoms with Crippen LogP contribution in [0.2, 0.25) is 0 Å². The Morgan fingerprint density at radius 2 is 2.07 bits per heavy atom. The number of ether oxygens (including phenoxy) is 1. The summed E-state index contributed by atoms with van der Waals surface area (Å²) in [6.07, 6.45) is -5.64. The summed E-state index contributed by atoms with van der Waals surface area (Å²) >= 11 is 5.94. The number of rotatable bonds is 8. The average molecular weight is 478 g/mol. The SMILES string of the molecule is C=C(CCNC(=O)COC1CCC(Cl)C(F)C1)NC(=O)C1CNC(C(F)(F)F)SO1. The first-order valence-corrected chi connectivity index (χ1v) is 10.6. The highest BCUT2D eigenvalue weighted by Gasteiger charge is 2.44. The van der Waals surface area contributed by atoms with Gasteiger partial charge in [0.25, 0.3) is 5.91 Å². The van der Waals surface area contributed by atoms with Gasteiger partial charge in [-0.15, -0.1) is 11.6 Å². The monoisotopic (exact) mass is 477 g/mol. The Balaban J connectivity index is 1.57. The second-order valence-corrected chi connectivity index (χ2v) is 8.40. The number of nitrogens with one attached hydrogen (secondary N) is 3. The molecule has 1 aliphatic carbocycles. The van der Waals surface area contributed by atoms with Crippen molar-refractivity contribution in [2.75, 3.05) is 19.7 Å². The standard InChI is InChI=1S/C17H24ClF4N3O4S/c1-9(25-15(27)13-7-24-16(30-29-13)17(20,21)22)4-5-23-14(26)8-28-10-2-3-11(18)12(19)6-10/h10-13,16,24H,1-8H2,(H,23,26)(H,25,27). The van der Waals surface area contributed by atoms with E-state index < -0.39 is 41.0 Å². The number of carbonyl (C=O) groups excluding carboxylic acids is 2. The first kappa shape index (κ1) is 25.2. The highest BCUT2D eigenvalue weighted by atomic mass is 35.5. The summed E-state index contributed by atoms with van der Waals surface area (Å²) in [6.45, 7) is 3.29. The molecule has 0 radical (unpaired) electrons. The van der Waals surface area contributed by atoms with E-state index >= 15 is 0 Å². The molecule has 1 saturated heterocycles. The molecule has 2 aliphatic rings. The van der Waals surface area contributed by atoms with Crippen molar-refractivity contribution in [2.24, 2.45) is 0 Å². The largest absolute Gasteiger partial charge is 0.415 e. The molecule has 1 saturated carbocycles. The van der Waals surface area contributed by atoms with Crippen LogP contribution in [0.4, 0.5) is 17.6 Å². The lowest BCUT2D eigenvalue weighted by atomic mass is 9.95. The second-order valence-electron chi connectivity index (χ2n) is 6.98. The summed E-state index contributed by atoms with van der Waals surface area (Å²) in [5, 5.41) is 4.81. The van der Waals surface area contributed by atoms with E-state index in [0.717, 1.165) is 0 Å². The Bertz CT molecular complexity index is 620. The lowest BCUT2D eigenvalue weighted by Crippen LogP contribution is -2.52. The quantitative estimate of drug-likeness (QED) is 0.282. The summed E-state index contributed by atoms with van der Waals surface area (Å²) in [4.78, 5) is 23.8. The minimum Gasteiger partial charge on any atom is -0.368 e. The highest BCUT2D eigenvalue weighted by molar-refractivity contribution is 7.95. The van der Waals surface area contributed by atoms with Gasteiger partial charge in [-0.25, -0.2) is 4.39 Å². The molecule has 2 fully saturated rings. The molecule has 172 valence electrons. The zero-order valence-electron chi connectivity index (χ0n) is 16.0. The highest BCUT2D eigenvalue weighted by Crippen LogP contribution is 2.32. The molecule has 2 amide bonds. The van der Waals surface area contributed by atoms with Crippen LogP contribution in [0.1, 0.15) is 25.7 Å². The number of carbonyl (C=O) groups is 2. The third-order valence-corrected chi connectivity index (χ3v) is 5.95. The van der Waals surface area contributed by atoms with Gasteiger partial charge >= 0.3 is 6.18 Å². The van der Waals surface area contributed by atoms with Crippen molar-refractivity contribution in [1.29, 1.82) is 0 Å². The van der Waals surface area contributed by atoms with Crippen molar-refractivity contribution in [3.63, 3.8) is 0 Å². The minimum absolute atomic E-state index is 0.144. The zero-order chi connectivity index (χ0) is 22.3. The molecular formula is C17H24ClF4N3O4S. The van der Waals surface area contributed by atoms with Gasteiger partial charge in [0.05, 0.1) is 11.5 Å². The Labute approximate surface area is 180 Å². The molecule has 2 rings (SSSR count). The normalized spacial score (nSPS) is 29.8. The number of hydrogen-bond acceptors (Lipinski definition) is 6. The Kier molecular flexibility index (Phi) is 9.67. The summed E-state index contributed by atoms with van der Waals surface area (Å²) in [5.41, 5.74) is 0.272. The van der Waals surface area contributed by atoms with Gasteiger partial charge in [0, 0.05) is 43.7 Å². The van der Waals surface area contributed by atoms with Crippen LogP contribution in [-0.2, 0) is 18.5 Å². The number of alkyl halides is 5. The molecule has 30 heavy (non-hydrogen) atoms. The van der Waals surface area contributed by atoms with Gasteiger partial charge in [-0.1, -0.05) is 6.58 Å². The predicted octanol–water partition coefficient (Wildman–Crippen LogP) is 2.16. The molecular weight excluding hydrogens is 454 g/mol. The average Bonchev–Trinajstić information content (AvgIpc) is 2.68. The van der Waals surface area contributed by atoms with Gasteiger partial charge < -0.3 is 15.4 Å². The lowest BCUT2D eigenvalue weighted by Gasteiger charge is -2.29. The fourth-order valence-electron chi connectivity index (χ4n) is 2.82. The Morgan fingerprint density at radius 3 is 2.67 bits per heavy atom. The van der Waals surface area contributed by atoms with Crippen molar-refractivity contribution >= 4 is 35.5 Å². The van der Waals surface area contributed by atoms with Crippen LogP contribution in [0, 0.1) is 0 Å². The molecule has 13 heteroatoms.